The standard InChI is InChI=1S/C14H18N6OS2/c1-3-14(2)4-7-8(5-21-14)23-11-9(7)10-15-6-16-20(10)12-17-18-13(22)19(11)12/h10,15-16H,3-6H2,1-2H3,(H,18,22)/t10?,14-/m1/s1. The Balaban J connectivity index is 1.76. The molecule has 23 heavy (non-hydrogen) atoms. The highest BCUT2D eigenvalue weighted by molar-refractivity contribution is 7.71. The molecule has 5 rings (SSSR count). The first kappa shape index (κ1) is 14.1. The molecule has 1 unspecified atom stereocenters. The van der Waals surface area contributed by atoms with E-state index in [4.69, 9.17) is 17.0 Å². The van der Waals surface area contributed by atoms with E-state index in [-0.39, 0.29) is 11.8 Å². The Labute approximate surface area is 142 Å². The van der Waals surface area contributed by atoms with Crippen LogP contribution in [0.2, 0.25) is 0 Å². The number of anilines is 1. The van der Waals surface area contributed by atoms with Crippen molar-refractivity contribution in [3.8, 4) is 5.00 Å². The van der Waals surface area contributed by atoms with Gasteiger partial charge in [0.1, 0.15) is 11.2 Å². The van der Waals surface area contributed by atoms with Crippen molar-refractivity contribution in [2.45, 2.75) is 45.1 Å². The lowest BCUT2D eigenvalue weighted by Gasteiger charge is -2.35. The molecular weight excluding hydrogens is 332 g/mol. The predicted octanol–water partition coefficient (Wildman–Crippen LogP) is 2.12. The van der Waals surface area contributed by atoms with E-state index in [0.717, 1.165) is 25.5 Å². The van der Waals surface area contributed by atoms with Gasteiger partial charge in [-0.3, -0.25) is 10.3 Å². The molecule has 122 valence electrons. The molecule has 9 heteroatoms. The van der Waals surface area contributed by atoms with E-state index in [9.17, 15) is 0 Å². The first-order valence-electron chi connectivity index (χ1n) is 7.83. The summed E-state index contributed by atoms with van der Waals surface area (Å²) < 4.78 is 8.80. The molecule has 7 nitrogen and oxygen atoms in total. The van der Waals surface area contributed by atoms with Gasteiger partial charge >= 0.3 is 0 Å². The molecule has 5 heterocycles. The molecule has 2 aromatic rings. The lowest BCUT2D eigenvalue weighted by molar-refractivity contribution is -0.0549. The zero-order valence-corrected chi connectivity index (χ0v) is 14.6. The van der Waals surface area contributed by atoms with Gasteiger partial charge in [0.05, 0.1) is 18.9 Å². The fourth-order valence-electron chi connectivity index (χ4n) is 3.62. The summed E-state index contributed by atoms with van der Waals surface area (Å²) in [6.07, 6.45) is 2.05. The summed E-state index contributed by atoms with van der Waals surface area (Å²) >= 11 is 7.24. The Hall–Kier alpha value is -1.26. The van der Waals surface area contributed by atoms with E-state index < -0.39 is 0 Å². The van der Waals surface area contributed by atoms with Crippen molar-refractivity contribution in [1.29, 1.82) is 0 Å². The molecule has 2 aromatic heterocycles. The minimum atomic E-state index is -0.0865. The average molecular weight is 350 g/mol. The molecular formula is C14H18N6OS2. The van der Waals surface area contributed by atoms with Gasteiger partial charge in [-0.15, -0.1) is 16.4 Å². The highest BCUT2D eigenvalue weighted by Crippen LogP contribution is 2.47. The number of thiophene rings is 1. The van der Waals surface area contributed by atoms with Crippen LogP contribution in [-0.2, 0) is 17.8 Å². The monoisotopic (exact) mass is 350 g/mol. The van der Waals surface area contributed by atoms with Crippen LogP contribution in [0.25, 0.3) is 5.00 Å². The Kier molecular flexibility index (Phi) is 2.85. The highest BCUT2D eigenvalue weighted by Gasteiger charge is 2.43. The molecule has 0 spiro atoms. The molecule has 0 aromatic carbocycles. The summed E-state index contributed by atoms with van der Waals surface area (Å²) in [5.74, 6) is 0.815. The van der Waals surface area contributed by atoms with Crippen molar-refractivity contribution >= 4 is 29.5 Å². The van der Waals surface area contributed by atoms with E-state index in [2.05, 4.69) is 39.8 Å². The molecule has 3 N–H and O–H groups in total. The van der Waals surface area contributed by atoms with Crippen molar-refractivity contribution in [3.63, 3.8) is 0 Å². The molecule has 0 bridgehead atoms. The van der Waals surface area contributed by atoms with Crippen LogP contribution >= 0.6 is 23.6 Å². The number of nitrogens with zero attached hydrogens (tertiary/aromatic N) is 3. The van der Waals surface area contributed by atoms with Gasteiger partial charge in [0.25, 0.3) is 0 Å². The third-order valence-corrected chi connectivity index (χ3v) is 6.59. The Morgan fingerprint density at radius 2 is 2.39 bits per heavy atom. The number of ether oxygens (including phenoxy) is 1. The van der Waals surface area contributed by atoms with Gasteiger partial charge in [0.15, 0.2) is 0 Å². The van der Waals surface area contributed by atoms with Crippen LogP contribution in [0.15, 0.2) is 0 Å². The van der Waals surface area contributed by atoms with Gasteiger partial charge in [-0.25, -0.2) is 15.1 Å². The molecule has 0 saturated carbocycles. The van der Waals surface area contributed by atoms with Gasteiger partial charge in [-0.05, 0) is 31.1 Å². The van der Waals surface area contributed by atoms with Crippen molar-refractivity contribution in [3.05, 3.63) is 20.8 Å². The second-order valence-corrected chi connectivity index (χ2v) is 7.94. The maximum Gasteiger partial charge on any atom is 0.247 e. The molecule has 1 saturated heterocycles. The maximum atomic E-state index is 6.13. The van der Waals surface area contributed by atoms with E-state index in [0.29, 0.717) is 11.4 Å². The summed E-state index contributed by atoms with van der Waals surface area (Å²) in [6, 6.07) is 0. The number of hydrogen-bond donors (Lipinski definition) is 3. The van der Waals surface area contributed by atoms with Crippen molar-refractivity contribution in [1.82, 2.24) is 25.5 Å². The van der Waals surface area contributed by atoms with Crippen LogP contribution in [0.3, 0.4) is 0 Å². The number of aromatic amines is 1. The number of fused-ring (bicyclic) bond motifs is 8. The van der Waals surface area contributed by atoms with Crippen LogP contribution < -0.4 is 15.8 Å². The van der Waals surface area contributed by atoms with Gasteiger partial charge in [-0.2, -0.15) is 0 Å². The third-order valence-electron chi connectivity index (χ3n) is 5.11. The molecule has 0 radical (unpaired) electrons. The molecule has 3 aliphatic rings. The fraction of sp³-hybridized carbons (Fsp3) is 0.571. The zero-order valence-electron chi connectivity index (χ0n) is 13.0. The van der Waals surface area contributed by atoms with Crippen LogP contribution in [0.1, 0.15) is 42.4 Å². The molecule has 3 aliphatic heterocycles. The van der Waals surface area contributed by atoms with E-state index in [1.807, 2.05) is 4.57 Å². The smallest absolute Gasteiger partial charge is 0.247 e. The second kappa shape index (κ2) is 4.64. The minimum absolute atomic E-state index is 0.0865. The quantitative estimate of drug-likeness (QED) is 0.685. The number of aromatic nitrogens is 3. The minimum Gasteiger partial charge on any atom is -0.369 e. The SMILES string of the molecule is CC[C@]1(C)Cc2c(sc3c2C2NCNN2c2n[nH]c(=S)n2-3)CO1. The van der Waals surface area contributed by atoms with E-state index >= 15 is 0 Å². The summed E-state index contributed by atoms with van der Waals surface area (Å²) in [4.78, 5) is 1.31. The summed E-state index contributed by atoms with van der Waals surface area (Å²) in [7, 11) is 0. The molecule has 0 aliphatic carbocycles. The third kappa shape index (κ3) is 1.79. The molecule has 1 fully saturated rings. The summed E-state index contributed by atoms with van der Waals surface area (Å²) in [5.41, 5.74) is 6.00. The van der Waals surface area contributed by atoms with Crippen LogP contribution in [0.5, 0.6) is 0 Å². The number of nitrogens with one attached hydrogen (secondary N) is 3. The maximum absolute atomic E-state index is 6.13. The topological polar surface area (TPSA) is 70.1 Å². The van der Waals surface area contributed by atoms with E-state index in [1.54, 1.807) is 11.3 Å². The van der Waals surface area contributed by atoms with Gasteiger partial charge < -0.3 is 4.74 Å². The van der Waals surface area contributed by atoms with Crippen LogP contribution in [-0.4, -0.2) is 27.0 Å². The van der Waals surface area contributed by atoms with Crippen molar-refractivity contribution in [2.24, 2.45) is 0 Å². The Bertz CT molecular complexity index is 854. The zero-order chi connectivity index (χ0) is 15.8. The van der Waals surface area contributed by atoms with Crippen molar-refractivity contribution < 1.29 is 4.74 Å². The summed E-state index contributed by atoms with van der Waals surface area (Å²) in [5, 5.41) is 14.1. The second-order valence-electron chi connectivity index (χ2n) is 6.47. The molecule has 0 amide bonds. The first-order valence-corrected chi connectivity index (χ1v) is 9.06. The number of hydrazine groups is 1. The van der Waals surface area contributed by atoms with E-state index in [1.165, 1.54) is 21.0 Å². The van der Waals surface area contributed by atoms with Crippen LogP contribution in [0, 0.1) is 4.77 Å². The lowest BCUT2D eigenvalue weighted by atomic mass is 9.88. The number of rotatable bonds is 1. The van der Waals surface area contributed by atoms with Gasteiger partial charge in [0, 0.05) is 16.9 Å². The highest BCUT2D eigenvalue weighted by atomic mass is 32.1. The fourth-order valence-corrected chi connectivity index (χ4v) is 5.17. The predicted molar refractivity (Wildman–Crippen MR) is 90.2 cm³/mol. The first-order chi connectivity index (χ1) is 11.1. The Morgan fingerprint density at radius 1 is 1.52 bits per heavy atom. The Morgan fingerprint density at radius 3 is 3.22 bits per heavy atom. The molecule has 2 atom stereocenters. The number of hydrogen-bond acceptors (Lipinski definition) is 7. The average Bonchev–Trinajstić information content (AvgIpc) is 3.23. The summed E-state index contributed by atoms with van der Waals surface area (Å²) in [6.45, 7) is 5.79. The largest absolute Gasteiger partial charge is 0.369 e. The van der Waals surface area contributed by atoms with Gasteiger partial charge in [-0.1, -0.05) is 6.92 Å². The van der Waals surface area contributed by atoms with Crippen LogP contribution in [0.4, 0.5) is 5.95 Å². The number of H-pyrrole nitrogens is 1. The lowest BCUT2D eigenvalue weighted by Crippen LogP contribution is -2.40. The van der Waals surface area contributed by atoms with Gasteiger partial charge in [0.2, 0.25) is 10.7 Å². The normalized spacial score (nSPS) is 28.3. The van der Waals surface area contributed by atoms with Crippen molar-refractivity contribution in [2.75, 3.05) is 11.7 Å².